The second kappa shape index (κ2) is 8.09. The van der Waals surface area contributed by atoms with Gasteiger partial charge in [-0.05, 0) is 36.1 Å². The highest BCUT2D eigenvalue weighted by Crippen LogP contribution is 2.25. The lowest BCUT2D eigenvalue weighted by atomic mass is 9.91. The van der Waals surface area contributed by atoms with Crippen molar-refractivity contribution in [2.45, 2.75) is 31.8 Å². The van der Waals surface area contributed by atoms with Gasteiger partial charge in [0.2, 0.25) is 11.8 Å². The van der Waals surface area contributed by atoms with E-state index in [1.807, 2.05) is 5.38 Å². The minimum absolute atomic E-state index is 0.121. The molecule has 0 radical (unpaired) electrons. The van der Waals surface area contributed by atoms with Crippen LogP contribution in [-0.4, -0.2) is 22.9 Å². The van der Waals surface area contributed by atoms with Gasteiger partial charge < -0.3 is 15.7 Å². The average molecular weight is 378 g/mol. The number of carbonyl (C=O) groups is 3. The van der Waals surface area contributed by atoms with Crippen LogP contribution in [0.4, 0.5) is 4.39 Å². The fourth-order valence-corrected chi connectivity index (χ4v) is 3.28. The molecule has 1 aromatic heterocycles. The number of carboxylic acids is 1. The number of carboxylic acid groups (broad SMARTS) is 1. The van der Waals surface area contributed by atoms with Crippen LogP contribution in [0.5, 0.6) is 0 Å². The van der Waals surface area contributed by atoms with Gasteiger partial charge in [0.25, 0.3) is 0 Å². The molecular formula is C18H19FN2O4S. The number of carbonyl (C=O) groups excluding carboxylic acids is 2. The van der Waals surface area contributed by atoms with Crippen molar-refractivity contribution in [3.63, 3.8) is 0 Å². The number of nitrogens with one attached hydrogen (secondary N) is 2. The van der Waals surface area contributed by atoms with E-state index in [2.05, 4.69) is 10.6 Å². The summed E-state index contributed by atoms with van der Waals surface area (Å²) in [5.41, 5.74) is -1.48. The second-order valence-corrected chi connectivity index (χ2v) is 6.94. The molecule has 0 aliphatic heterocycles. The van der Waals surface area contributed by atoms with E-state index in [0.717, 1.165) is 17.0 Å². The van der Waals surface area contributed by atoms with Gasteiger partial charge in [-0.2, -0.15) is 0 Å². The molecule has 0 saturated heterocycles. The minimum atomic E-state index is -1.72. The van der Waals surface area contributed by atoms with Crippen molar-refractivity contribution in [3.05, 3.63) is 58.0 Å². The zero-order valence-corrected chi connectivity index (χ0v) is 15.1. The largest absolute Gasteiger partial charge is 0.479 e. The smallest absolute Gasteiger partial charge is 0.333 e. The summed E-state index contributed by atoms with van der Waals surface area (Å²) in [5, 5.41) is 16.6. The van der Waals surface area contributed by atoms with E-state index in [4.69, 9.17) is 0 Å². The maximum Gasteiger partial charge on any atom is 0.333 e. The van der Waals surface area contributed by atoms with Crippen molar-refractivity contribution in [3.8, 4) is 0 Å². The maximum atomic E-state index is 13.1. The summed E-state index contributed by atoms with van der Waals surface area (Å²) in [6, 6.07) is 7.92. The number of hydrogen-bond donors (Lipinski definition) is 3. The summed E-state index contributed by atoms with van der Waals surface area (Å²) in [6.07, 6.45) is -0.121. The normalized spacial score (nSPS) is 14.1. The third-order valence-electron chi connectivity index (χ3n) is 3.89. The van der Waals surface area contributed by atoms with Crippen molar-refractivity contribution < 1.29 is 23.9 Å². The van der Waals surface area contributed by atoms with E-state index in [0.29, 0.717) is 0 Å². The van der Waals surface area contributed by atoms with E-state index in [1.54, 1.807) is 12.1 Å². The molecule has 2 rings (SSSR count). The molecule has 26 heavy (non-hydrogen) atoms. The van der Waals surface area contributed by atoms with Gasteiger partial charge in [0, 0.05) is 11.8 Å². The van der Waals surface area contributed by atoms with Crippen LogP contribution in [0, 0.1) is 5.82 Å². The SMILES string of the molecule is CC(=O)NC(CC(=O)NC(C)(C(=O)O)c1ccc(F)cc1)c1cccs1. The van der Waals surface area contributed by atoms with Crippen molar-refractivity contribution in [1.29, 1.82) is 0 Å². The third-order valence-corrected chi connectivity index (χ3v) is 4.88. The highest BCUT2D eigenvalue weighted by Gasteiger charge is 2.37. The lowest BCUT2D eigenvalue weighted by Crippen LogP contribution is -2.50. The quantitative estimate of drug-likeness (QED) is 0.690. The van der Waals surface area contributed by atoms with Crippen LogP contribution in [0.25, 0.3) is 0 Å². The zero-order valence-electron chi connectivity index (χ0n) is 14.3. The molecule has 2 aromatic rings. The van der Waals surface area contributed by atoms with Crippen molar-refractivity contribution in [1.82, 2.24) is 10.6 Å². The van der Waals surface area contributed by atoms with Crippen LogP contribution in [0.15, 0.2) is 41.8 Å². The number of thiophene rings is 1. The molecule has 8 heteroatoms. The fourth-order valence-electron chi connectivity index (χ4n) is 2.51. The Morgan fingerprint density at radius 3 is 2.38 bits per heavy atom. The monoisotopic (exact) mass is 378 g/mol. The zero-order chi connectivity index (χ0) is 19.3. The van der Waals surface area contributed by atoms with Crippen molar-refractivity contribution >= 4 is 29.1 Å². The molecule has 1 heterocycles. The van der Waals surface area contributed by atoms with Crippen LogP contribution < -0.4 is 10.6 Å². The Balaban J connectivity index is 2.19. The summed E-state index contributed by atoms with van der Waals surface area (Å²) in [4.78, 5) is 36.4. The molecule has 0 spiro atoms. The number of benzene rings is 1. The molecular weight excluding hydrogens is 359 g/mol. The van der Waals surface area contributed by atoms with Crippen molar-refractivity contribution in [2.75, 3.05) is 0 Å². The lowest BCUT2D eigenvalue weighted by Gasteiger charge is -2.28. The Morgan fingerprint density at radius 1 is 1.23 bits per heavy atom. The Kier molecular flexibility index (Phi) is 6.10. The molecule has 138 valence electrons. The van der Waals surface area contributed by atoms with Gasteiger partial charge in [-0.3, -0.25) is 9.59 Å². The van der Waals surface area contributed by atoms with Gasteiger partial charge >= 0.3 is 5.97 Å². The van der Waals surface area contributed by atoms with Gasteiger partial charge in [0.1, 0.15) is 5.82 Å². The summed E-state index contributed by atoms with van der Waals surface area (Å²) < 4.78 is 13.1. The van der Waals surface area contributed by atoms with E-state index in [-0.39, 0.29) is 17.9 Å². The Bertz CT molecular complexity index is 792. The Morgan fingerprint density at radius 2 is 1.88 bits per heavy atom. The standard InChI is InChI=1S/C18H19FN2O4S/c1-11(22)20-14(15-4-3-9-26-15)10-16(23)21-18(2,17(24)25)12-5-7-13(19)8-6-12/h3-9,14H,10H2,1-2H3,(H,20,22)(H,21,23)(H,24,25). The highest BCUT2D eigenvalue weighted by molar-refractivity contribution is 7.10. The molecule has 2 atom stereocenters. The molecule has 6 nitrogen and oxygen atoms in total. The summed E-state index contributed by atoms with van der Waals surface area (Å²) in [6.45, 7) is 2.68. The molecule has 3 N–H and O–H groups in total. The second-order valence-electron chi connectivity index (χ2n) is 5.96. The minimum Gasteiger partial charge on any atom is -0.479 e. The predicted octanol–water partition coefficient (Wildman–Crippen LogP) is 2.57. The van der Waals surface area contributed by atoms with Crippen LogP contribution >= 0.6 is 11.3 Å². The van der Waals surface area contributed by atoms with E-state index < -0.39 is 29.3 Å². The first-order valence-corrected chi connectivity index (χ1v) is 8.71. The first kappa shape index (κ1) is 19.6. The number of aliphatic carboxylic acids is 1. The fraction of sp³-hybridized carbons (Fsp3) is 0.278. The maximum absolute atomic E-state index is 13.1. The summed E-state index contributed by atoms with van der Waals surface area (Å²) in [5.74, 6) is -2.62. The van der Waals surface area contributed by atoms with Crippen LogP contribution in [0.2, 0.25) is 0 Å². The Hall–Kier alpha value is -2.74. The van der Waals surface area contributed by atoms with Gasteiger partial charge in [0.15, 0.2) is 5.54 Å². The molecule has 1 aromatic carbocycles. The molecule has 2 unspecified atom stereocenters. The lowest BCUT2D eigenvalue weighted by molar-refractivity contribution is -0.147. The molecule has 0 bridgehead atoms. The van der Waals surface area contributed by atoms with Crippen LogP contribution in [0.1, 0.15) is 36.8 Å². The average Bonchev–Trinajstić information content (AvgIpc) is 3.08. The Labute approximate surface area is 154 Å². The third kappa shape index (κ3) is 4.66. The molecule has 2 amide bonds. The van der Waals surface area contributed by atoms with E-state index in [1.165, 1.54) is 37.3 Å². The molecule has 0 aliphatic carbocycles. The van der Waals surface area contributed by atoms with Gasteiger partial charge in [-0.25, -0.2) is 9.18 Å². The van der Waals surface area contributed by atoms with Crippen molar-refractivity contribution in [2.24, 2.45) is 0 Å². The highest BCUT2D eigenvalue weighted by atomic mass is 32.1. The number of amides is 2. The molecule has 0 saturated carbocycles. The first-order chi connectivity index (χ1) is 12.2. The van der Waals surface area contributed by atoms with Crippen LogP contribution in [-0.2, 0) is 19.9 Å². The van der Waals surface area contributed by atoms with Crippen LogP contribution in [0.3, 0.4) is 0 Å². The first-order valence-electron chi connectivity index (χ1n) is 7.83. The summed E-state index contributed by atoms with van der Waals surface area (Å²) >= 11 is 1.38. The van der Waals surface area contributed by atoms with E-state index >= 15 is 0 Å². The number of halogens is 1. The van der Waals surface area contributed by atoms with E-state index in [9.17, 15) is 23.9 Å². The van der Waals surface area contributed by atoms with Gasteiger partial charge in [0.05, 0.1) is 12.5 Å². The topological polar surface area (TPSA) is 95.5 Å². The number of hydrogen-bond acceptors (Lipinski definition) is 4. The van der Waals surface area contributed by atoms with Gasteiger partial charge in [-0.1, -0.05) is 18.2 Å². The molecule has 0 fully saturated rings. The van der Waals surface area contributed by atoms with Gasteiger partial charge in [-0.15, -0.1) is 11.3 Å². The summed E-state index contributed by atoms with van der Waals surface area (Å²) in [7, 11) is 0. The predicted molar refractivity (Wildman–Crippen MR) is 95.0 cm³/mol. The molecule has 0 aliphatic rings. The number of rotatable bonds is 7.